The van der Waals surface area contributed by atoms with E-state index >= 15 is 0 Å². The number of halogens is 1. The minimum Gasteiger partial charge on any atom is -0.365 e. The van der Waals surface area contributed by atoms with Gasteiger partial charge < -0.3 is 10.6 Å². The van der Waals surface area contributed by atoms with Crippen LogP contribution in [0.2, 0.25) is 0 Å². The Hall–Kier alpha value is -3.03. The number of hydrogen-bond donors (Lipinski definition) is 1. The molecule has 7 nitrogen and oxygen atoms in total. The Morgan fingerprint density at radius 1 is 1.31 bits per heavy atom. The molecule has 1 saturated heterocycles. The van der Waals surface area contributed by atoms with Crippen LogP contribution in [0.1, 0.15) is 66.2 Å². The van der Waals surface area contributed by atoms with Crippen LogP contribution in [0.3, 0.4) is 0 Å². The van der Waals surface area contributed by atoms with E-state index in [4.69, 9.17) is 10.7 Å². The van der Waals surface area contributed by atoms with Gasteiger partial charge in [0.15, 0.2) is 5.65 Å². The smallest absolute Gasteiger partial charge is 0.254 e. The fourth-order valence-electron chi connectivity index (χ4n) is 4.47. The predicted octanol–water partition coefficient (Wildman–Crippen LogP) is 3.22. The molecule has 3 aromatic heterocycles. The zero-order valence-electron chi connectivity index (χ0n) is 16.3. The largest absolute Gasteiger partial charge is 0.365 e. The Morgan fingerprint density at radius 3 is 2.86 bits per heavy atom. The number of nitrogens with zero attached hydrogens (tertiary/aromatic N) is 5. The average molecular weight is 394 g/mol. The second-order valence-electron chi connectivity index (χ2n) is 8.09. The van der Waals surface area contributed by atoms with Crippen molar-refractivity contribution >= 4 is 17.4 Å². The van der Waals surface area contributed by atoms with Gasteiger partial charge in [-0.25, -0.2) is 13.9 Å². The summed E-state index contributed by atoms with van der Waals surface area (Å²) in [6.07, 6.45) is 8.91. The second kappa shape index (κ2) is 6.79. The lowest BCUT2D eigenvalue weighted by atomic mass is 9.98. The number of pyridine rings is 1. The van der Waals surface area contributed by atoms with Gasteiger partial charge in [0.05, 0.1) is 17.9 Å². The van der Waals surface area contributed by atoms with Gasteiger partial charge in [-0.1, -0.05) is 6.92 Å². The van der Waals surface area contributed by atoms with Crippen molar-refractivity contribution in [3.63, 3.8) is 0 Å². The number of hydrogen-bond acceptors (Lipinski definition) is 5. The molecule has 2 atom stereocenters. The maximum atomic E-state index is 13.7. The van der Waals surface area contributed by atoms with Crippen LogP contribution in [0.5, 0.6) is 0 Å². The highest BCUT2D eigenvalue weighted by molar-refractivity contribution is 6.00. The van der Waals surface area contributed by atoms with E-state index < -0.39 is 5.91 Å². The van der Waals surface area contributed by atoms with Crippen molar-refractivity contribution in [2.45, 2.75) is 44.6 Å². The van der Waals surface area contributed by atoms with Crippen molar-refractivity contribution in [3.05, 3.63) is 53.4 Å². The van der Waals surface area contributed by atoms with E-state index in [-0.39, 0.29) is 17.8 Å². The maximum Gasteiger partial charge on any atom is 0.254 e. The van der Waals surface area contributed by atoms with Crippen LogP contribution in [0.4, 0.5) is 10.2 Å². The van der Waals surface area contributed by atoms with Gasteiger partial charge in [-0.2, -0.15) is 5.10 Å². The number of aromatic nitrogens is 4. The Labute approximate surface area is 167 Å². The van der Waals surface area contributed by atoms with Gasteiger partial charge in [0.25, 0.3) is 5.91 Å². The zero-order valence-corrected chi connectivity index (χ0v) is 16.3. The lowest BCUT2D eigenvalue weighted by Crippen LogP contribution is -2.24. The zero-order chi connectivity index (χ0) is 20.1. The Bertz CT molecular complexity index is 1090. The molecule has 29 heavy (non-hydrogen) atoms. The fourth-order valence-corrected chi connectivity index (χ4v) is 4.47. The molecule has 2 aliphatic rings. The van der Waals surface area contributed by atoms with Gasteiger partial charge in [-0.3, -0.25) is 9.78 Å². The van der Waals surface area contributed by atoms with Crippen LogP contribution in [-0.4, -0.2) is 32.0 Å². The van der Waals surface area contributed by atoms with Crippen LogP contribution >= 0.6 is 0 Å². The molecule has 1 saturated carbocycles. The highest BCUT2D eigenvalue weighted by atomic mass is 19.1. The normalized spacial score (nSPS) is 20.3. The van der Waals surface area contributed by atoms with Gasteiger partial charge in [0.1, 0.15) is 17.2 Å². The molecule has 8 heteroatoms. The molecule has 1 aliphatic heterocycles. The number of rotatable bonds is 5. The summed E-state index contributed by atoms with van der Waals surface area (Å²) < 4.78 is 15.3. The predicted molar refractivity (Wildman–Crippen MR) is 106 cm³/mol. The summed E-state index contributed by atoms with van der Waals surface area (Å²) in [5.41, 5.74) is 8.19. The minimum absolute atomic E-state index is 0.00189. The first-order chi connectivity index (χ1) is 14.0. The summed E-state index contributed by atoms with van der Waals surface area (Å²) in [4.78, 5) is 23.2. The molecule has 3 aromatic rings. The molecule has 0 spiro atoms. The van der Waals surface area contributed by atoms with Crippen LogP contribution in [0.25, 0.3) is 5.65 Å². The van der Waals surface area contributed by atoms with E-state index in [1.54, 1.807) is 10.7 Å². The van der Waals surface area contributed by atoms with Crippen molar-refractivity contribution in [1.82, 2.24) is 19.6 Å². The number of amides is 1. The summed E-state index contributed by atoms with van der Waals surface area (Å²) in [5, 5.41) is 4.63. The standard InChI is InChI=1S/C21H23FN6O/c1-12(13-4-5-13)19-18(20(23)29)21-25-17(6-8-28(21)26-19)27-7-2-3-16(27)14-9-15(22)11-24-10-14/h6,8-13,16H,2-5,7H2,1H3,(H2,23,29)/t12-,16+/m0/s1. The molecule has 1 amide bonds. The number of nitrogens with two attached hydrogens (primary N) is 1. The molecule has 0 bridgehead atoms. The van der Waals surface area contributed by atoms with E-state index in [1.165, 1.54) is 12.3 Å². The van der Waals surface area contributed by atoms with E-state index in [1.807, 2.05) is 12.3 Å². The van der Waals surface area contributed by atoms with Crippen molar-refractivity contribution in [3.8, 4) is 0 Å². The Morgan fingerprint density at radius 2 is 2.14 bits per heavy atom. The fraction of sp³-hybridized carbons (Fsp3) is 0.429. The molecule has 0 aromatic carbocycles. The monoisotopic (exact) mass is 394 g/mol. The topological polar surface area (TPSA) is 89.4 Å². The molecule has 4 heterocycles. The van der Waals surface area contributed by atoms with Gasteiger partial charge in [0, 0.05) is 24.9 Å². The molecule has 0 radical (unpaired) electrons. The molecule has 150 valence electrons. The van der Waals surface area contributed by atoms with Gasteiger partial charge in [-0.05, 0) is 49.3 Å². The van der Waals surface area contributed by atoms with Crippen molar-refractivity contribution in [1.29, 1.82) is 0 Å². The molecule has 2 N–H and O–H groups in total. The Balaban J connectivity index is 1.57. The molecule has 1 aliphatic carbocycles. The van der Waals surface area contributed by atoms with Crippen molar-refractivity contribution < 1.29 is 9.18 Å². The van der Waals surface area contributed by atoms with Crippen LogP contribution in [-0.2, 0) is 0 Å². The molecular formula is C21H23FN6O. The van der Waals surface area contributed by atoms with Crippen LogP contribution in [0.15, 0.2) is 30.7 Å². The first-order valence-electron chi connectivity index (χ1n) is 10.1. The lowest BCUT2D eigenvalue weighted by molar-refractivity contribution is 0.1000. The third-order valence-corrected chi connectivity index (χ3v) is 6.16. The van der Waals surface area contributed by atoms with E-state index in [0.29, 0.717) is 17.1 Å². The number of primary amides is 1. The van der Waals surface area contributed by atoms with Crippen molar-refractivity contribution in [2.24, 2.45) is 11.7 Å². The van der Waals surface area contributed by atoms with Crippen LogP contribution < -0.4 is 10.6 Å². The second-order valence-corrected chi connectivity index (χ2v) is 8.09. The number of anilines is 1. The quantitative estimate of drug-likeness (QED) is 0.718. The van der Waals surface area contributed by atoms with E-state index in [2.05, 4.69) is 21.9 Å². The molecule has 5 rings (SSSR count). The third-order valence-electron chi connectivity index (χ3n) is 6.16. The minimum atomic E-state index is -0.501. The highest BCUT2D eigenvalue weighted by Crippen LogP contribution is 2.43. The molecule has 2 fully saturated rings. The van der Waals surface area contributed by atoms with Crippen molar-refractivity contribution in [2.75, 3.05) is 11.4 Å². The first-order valence-corrected chi connectivity index (χ1v) is 10.1. The summed E-state index contributed by atoms with van der Waals surface area (Å²) in [6.45, 7) is 2.90. The summed E-state index contributed by atoms with van der Waals surface area (Å²) in [6, 6.07) is 3.41. The summed E-state index contributed by atoms with van der Waals surface area (Å²) in [7, 11) is 0. The number of carbonyl (C=O) groups excluding carboxylic acids is 1. The number of fused-ring (bicyclic) bond motifs is 1. The Kier molecular flexibility index (Phi) is 4.22. The van der Waals surface area contributed by atoms with Gasteiger partial charge >= 0.3 is 0 Å². The molecule has 0 unspecified atom stereocenters. The van der Waals surface area contributed by atoms with E-state index in [0.717, 1.165) is 49.3 Å². The summed E-state index contributed by atoms with van der Waals surface area (Å²) in [5.74, 6) is 0.626. The van der Waals surface area contributed by atoms with Gasteiger partial charge in [0.2, 0.25) is 0 Å². The third kappa shape index (κ3) is 3.12. The van der Waals surface area contributed by atoms with E-state index in [9.17, 15) is 9.18 Å². The van der Waals surface area contributed by atoms with Gasteiger partial charge in [-0.15, -0.1) is 0 Å². The lowest BCUT2D eigenvalue weighted by Gasteiger charge is -2.26. The SMILES string of the molecule is C[C@H](c1nn2ccc(N3CCC[C@@H]3c3cncc(F)c3)nc2c1C(N)=O)C1CC1. The highest BCUT2D eigenvalue weighted by Gasteiger charge is 2.35. The summed E-state index contributed by atoms with van der Waals surface area (Å²) >= 11 is 0. The maximum absolute atomic E-state index is 13.7. The van der Waals surface area contributed by atoms with Crippen LogP contribution in [0, 0.1) is 11.7 Å². The number of carbonyl (C=O) groups is 1. The molecular weight excluding hydrogens is 371 g/mol. The average Bonchev–Trinajstić information content (AvgIpc) is 3.30. The first kappa shape index (κ1) is 18.0.